The van der Waals surface area contributed by atoms with Gasteiger partial charge in [0, 0.05) is 11.1 Å². The van der Waals surface area contributed by atoms with Gasteiger partial charge in [-0.2, -0.15) is 0 Å². The summed E-state index contributed by atoms with van der Waals surface area (Å²) in [6.45, 7) is 5.56. The average Bonchev–Trinajstić information content (AvgIpc) is 3.09. The van der Waals surface area contributed by atoms with Gasteiger partial charge >= 0.3 is 5.97 Å². The Morgan fingerprint density at radius 3 is 2.21 bits per heavy atom. The van der Waals surface area contributed by atoms with Crippen molar-refractivity contribution in [2.75, 3.05) is 18.6 Å². The van der Waals surface area contributed by atoms with E-state index in [1.165, 1.54) is 31.4 Å². The summed E-state index contributed by atoms with van der Waals surface area (Å²) in [5.41, 5.74) is 0.726. The number of esters is 1. The van der Waals surface area contributed by atoms with Gasteiger partial charge in [-0.1, -0.05) is 6.92 Å². The molecule has 33 heavy (non-hydrogen) atoms. The van der Waals surface area contributed by atoms with Gasteiger partial charge in [-0.05, 0) is 68.8 Å². The van der Waals surface area contributed by atoms with E-state index >= 15 is 0 Å². The maximum absolute atomic E-state index is 12.8. The highest BCUT2D eigenvalue weighted by molar-refractivity contribution is 6.22. The summed E-state index contributed by atoms with van der Waals surface area (Å²) >= 11 is 0. The molecular formula is C25H28N2O6. The largest absolute Gasteiger partial charge is 0.497 e. The van der Waals surface area contributed by atoms with Crippen LogP contribution in [-0.2, 0) is 14.3 Å². The average molecular weight is 453 g/mol. The molecule has 0 aliphatic carbocycles. The third kappa shape index (κ3) is 5.64. The van der Waals surface area contributed by atoms with Gasteiger partial charge in [-0.25, -0.2) is 9.69 Å². The molecule has 1 atom stereocenters. The van der Waals surface area contributed by atoms with Crippen LogP contribution in [0.2, 0.25) is 0 Å². The van der Waals surface area contributed by atoms with Crippen LogP contribution in [0.15, 0.2) is 48.5 Å². The lowest BCUT2D eigenvalue weighted by Gasteiger charge is -2.27. The van der Waals surface area contributed by atoms with E-state index in [4.69, 9.17) is 9.47 Å². The summed E-state index contributed by atoms with van der Waals surface area (Å²) in [6, 6.07) is 11.9. The molecule has 8 heteroatoms. The Morgan fingerprint density at radius 1 is 1.03 bits per heavy atom. The normalized spacial score (nSPS) is 16.1. The van der Waals surface area contributed by atoms with E-state index in [9.17, 15) is 19.2 Å². The first-order valence-corrected chi connectivity index (χ1v) is 10.7. The van der Waals surface area contributed by atoms with Crippen molar-refractivity contribution in [2.45, 2.75) is 45.2 Å². The van der Waals surface area contributed by atoms with Crippen molar-refractivity contribution in [3.8, 4) is 5.75 Å². The Labute approximate surface area is 192 Å². The first-order chi connectivity index (χ1) is 15.6. The van der Waals surface area contributed by atoms with Crippen molar-refractivity contribution in [3.05, 3.63) is 59.7 Å². The molecule has 0 spiro atoms. The molecule has 1 aliphatic rings. The molecule has 1 aliphatic heterocycles. The van der Waals surface area contributed by atoms with Crippen LogP contribution in [0.4, 0.5) is 5.69 Å². The number of benzene rings is 2. The number of anilines is 1. The fourth-order valence-corrected chi connectivity index (χ4v) is 3.41. The highest BCUT2D eigenvalue weighted by atomic mass is 16.5. The number of hydrogen-bond donors (Lipinski definition) is 1. The summed E-state index contributed by atoms with van der Waals surface area (Å²) in [7, 11) is 1.53. The summed E-state index contributed by atoms with van der Waals surface area (Å²) in [6.07, 6.45) is 0.891. The lowest BCUT2D eigenvalue weighted by molar-refractivity contribution is -0.121. The monoisotopic (exact) mass is 452 g/mol. The Morgan fingerprint density at radius 2 is 1.64 bits per heavy atom. The molecule has 0 saturated carbocycles. The lowest BCUT2D eigenvalue weighted by atomic mass is 10.00. The molecule has 0 radical (unpaired) electrons. The van der Waals surface area contributed by atoms with Crippen LogP contribution in [-0.4, -0.2) is 48.9 Å². The minimum absolute atomic E-state index is 0.0829. The molecule has 2 aromatic rings. The maximum Gasteiger partial charge on any atom is 0.338 e. The summed E-state index contributed by atoms with van der Waals surface area (Å²) in [5, 5.41) is 3.24. The van der Waals surface area contributed by atoms with Crippen LogP contribution in [0.3, 0.4) is 0 Å². The highest BCUT2D eigenvalue weighted by Gasteiger charge is 2.41. The van der Waals surface area contributed by atoms with Crippen molar-refractivity contribution < 1.29 is 28.7 Å². The topological polar surface area (TPSA) is 102 Å². The number of hydrogen-bond acceptors (Lipinski definition) is 7. The SMILES string of the molecule is CCC(C)(C)NC1CC(=O)N(c2ccc(C(=O)OCC(=O)c3ccc(OC)cc3)cc2)C1=O. The maximum atomic E-state index is 12.8. The number of methoxy groups -OCH3 is 1. The van der Waals surface area contributed by atoms with Gasteiger partial charge in [0.2, 0.25) is 5.91 Å². The van der Waals surface area contributed by atoms with Crippen LogP contribution >= 0.6 is 0 Å². The Kier molecular flexibility index (Phi) is 7.28. The molecule has 3 rings (SSSR count). The predicted octanol–water partition coefficient (Wildman–Crippen LogP) is 3.15. The standard InChI is InChI=1S/C25H28N2O6/c1-5-25(2,3)26-20-14-22(29)27(23(20)30)18-10-6-17(7-11-18)24(31)33-15-21(28)16-8-12-19(32-4)13-9-16/h6-13,20,26H,5,14-15H2,1-4H3. The van der Waals surface area contributed by atoms with Gasteiger partial charge in [-0.15, -0.1) is 0 Å². The quantitative estimate of drug-likeness (QED) is 0.354. The number of rotatable bonds is 9. The van der Waals surface area contributed by atoms with Crippen molar-refractivity contribution >= 4 is 29.3 Å². The number of imide groups is 1. The summed E-state index contributed by atoms with van der Waals surface area (Å²) in [5.74, 6) is -1.02. The highest BCUT2D eigenvalue weighted by Crippen LogP contribution is 2.25. The zero-order valence-corrected chi connectivity index (χ0v) is 19.2. The number of nitrogens with one attached hydrogen (secondary N) is 1. The number of carbonyl (C=O) groups excluding carboxylic acids is 4. The molecule has 8 nitrogen and oxygen atoms in total. The van der Waals surface area contributed by atoms with Crippen molar-refractivity contribution in [1.82, 2.24) is 5.32 Å². The van der Waals surface area contributed by atoms with E-state index in [0.29, 0.717) is 17.0 Å². The van der Waals surface area contributed by atoms with Crippen molar-refractivity contribution in [3.63, 3.8) is 0 Å². The second kappa shape index (κ2) is 9.95. The summed E-state index contributed by atoms with van der Waals surface area (Å²) < 4.78 is 10.2. The Balaban J connectivity index is 1.61. The number of Topliss-reactive ketones (excluding diaryl/α,β-unsaturated/α-hetero) is 1. The number of ether oxygens (including phenoxy) is 2. The molecule has 1 N–H and O–H groups in total. The van der Waals surface area contributed by atoms with E-state index < -0.39 is 18.6 Å². The third-order valence-corrected chi connectivity index (χ3v) is 5.70. The van der Waals surface area contributed by atoms with Gasteiger partial charge in [0.25, 0.3) is 5.91 Å². The van der Waals surface area contributed by atoms with Gasteiger partial charge in [0.05, 0.1) is 30.8 Å². The van der Waals surface area contributed by atoms with Crippen LogP contribution in [0.5, 0.6) is 5.75 Å². The number of ketones is 1. The van der Waals surface area contributed by atoms with Crippen LogP contribution in [0.25, 0.3) is 0 Å². The van der Waals surface area contributed by atoms with Crippen molar-refractivity contribution in [2.24, 2.45) is 0 Å². The fourth-order valence-electron chi connectivity index (χ4n) is 3.41. The van der Waals surface area contributed by atoms with Gasteiger partial charge in [0.15, 0.2) is 12.4 Å². The number of carbonyl (C=O) groups is 4. The zero-order valence-electron chi connectivity index (χ0n) is 19.2. The minimum atomic E-state index is -0.674. The van der Waals surface area contributed by atoms with Crippen LogP contribution in [0.1, 0.15) is 54.3 Å². The number of amides is 2. The molecule has 1 heterocycles. The van der Waals surface area contributed by atoms with Gasteiger partial charge in [0.1, 0.15) is 5.75 Å². The van der Waals surface area contributed by atoms with E-state index in [0.717, 1.165) is 11.3 Å². The van der Waals surface area contributed by atoms with Crippen LogP contribution in [0, 0.1) is 0 Å². The molecule has 174 valence electrons. The molecule has 1 unspecified atom stereocenters. The first-order valence-electron chi connectivity index (χ1n) is 10.7. The fraction of sp³-hybridized carbons (Fsp3) is 0.360. The van der Waals surface area contributed by atoms with Crippen LogP contribution < -0.4 is 15.0 Å². The molecule has 1 fully saturated rings. The molecular weight excluding hydrogens is 424 g/mol. The van der Waals surface area contributed by atoms with E-state index in [1.54, 1.807) is 24.3 Å². The zero-order chi connectivity index (χ0) is 24.2. The molecule has 2 amide bonds. The first kappa shape index (κ1) is 24.1. The Bertz CT molecular complexity index is 1040. The lowest BCUT2D eigenvalue weighted by Crippen LogP contribution is -2.49. The molecule has 2 aromatic carbocycles. The smallest absolute Gasteiger partial charge is 0.338 e. The van der Waals surface area contributed by atoms with E-state index in [2.05, 4.69) is 5.32 Å². The second-order valence-corrected chi connectivity index (χ2v) is 8.48. The van der Waals surface area contributed by atoms with Crippen molar-refractivity contribution in [1.29, 1.82) is 0 Å². The molecule has 0 bridgehead atoms. The van der Waals surface area contributed by atoms with E-state index in [1.807, 2.05) is 20.8 Å². The molecule has 1 saturated heterocycles. The summed E-state index contributed by atoms with van der Waals surface area (Å²) in [4.78, 5) is 50.9. The third-order valence-electron chi connectivity index (χ3n) is 5.70. The van der Waals surface area contributed by atoms with E-state index in [-0.39, 0.29) is 35.1 Å². The number of nitrogens with zero attached hydrogens (tertiary/aromatic N) is 1. The molecule has 0 aromatic heterocycles. The van der Waals surface area contributed by atoms with Gasteiger partial charge < -0.3 is 14.8 Å². The minimum Gasteiger partial charge on any atom is -0.497 e. The predicted molar refractivity (Wildman–Crippen MR) is 122 cm³/mol. The van der Waals surface area contributed by atoms with Gasteiger partial charge in [-0.3, -0.25) is 14.4 Å². The Hall–Kier alpha value is -3.52. The second-order valence-electron chi connectivity index (χ2n) is 8.48.